The first-order valence-corrected chi connectivity index (χ1v) is 8.93. The molecule has 0 aliphatic heterocycles. The molecule has 1 aliphatic rings. The van der Waals surface area contributed by atoms with E-state index in [-0.39, 0.29) is 34.9 Å². The lowest BCUT2D eigenvalue weighted by molar-refractivity contribution is -0.123. The summed E-state index contributed by atoms with van der Waals surface area (Å²) < 4.78 is 12.4. The third-order valence-corrected chi connectivity index (χ3v) is 4.88. The maximum Gasteiger partial charge on any atom is 0.252 e. The van der Waals surface area contributed by atoms with E-state index in [1.807, 2.05) is 0 Å². The standard InChI is InChI=1S/C18H22N4O4S/c1-25-12-3-4-13(15(7-12)26-2)14-8-16(23)21-18(27)22(14)9-17(24)20-11-5-10(19)6-11/h3-4,7-8,10-11H,5-6,9,19H2,1-2H3,(H,20,24)(H,21,23,27)/t10-,11-. The number of nitrogens with two attached hydrogens (primary N) is 1. The van der Waals surface area contributed by atoms with E-state index < -0.39 is 0 Å². The van der Waals surface area contributed by atoms with E-state index >= 15 is 0 Å². The lowest BCUT2D eigenvalue weighted by atomic mass is 9.88. The third-order valence-electron chi connectivity index (χ3n) is 4.56. The number of aromatic nitrogens is 2. The highest BCUT2D eigenvalue weighted by Gasteiger charge is 2.27. The topological polar surface area (TPSA) is 111 Å². The number of H-pyrrole nitrogens is 1. The summed E-state index contributed by atoms with van der Waals surface area (Å²) in [4.78, 5) is 27.0. The van der Waals surface area contributed by atoms with Gasteiger partial charge in [0.2, 0.25) is 5.91 Å². The first kappa shape index (κ1) is 19.1. The van der Waals surface area contributed by atoms with Crippen molar-refractivity contribution in [3.05, 3.63) is 39.4 Å². The Bertz CT molecular complexity index is 963. The minimum Gasteiger partial charge on any atom is -0.497 e. The molecule has 1 fully saturated rings. The molecule has 0 saturated heterocycles. The monoisotopic (exact) mass is 390 g/mol. The first-order chi connectivity index (χ1) is 12.9. The summed E-state index contributed by atoms with van der Waals surface area (Å²) in [5.74, 6) is 0.932. The van der Waals surface area contributed by atoms with Crippen molar-refractivity contribution in [1.29, 1.82) is 0 Å². The Balaban J connectivity index is 1.97. The van der Waals surface area contributed by atoms with Crippen molar-refractivity contribution in [2.75, 3.05) is 14.2 Å². The molecular formula is C18H22N4O4S. The molecular weight excluding hydrogens is 368 g/mol. The highest BCUT2D eigenvalue weighted by Crippen LogP contribution is 2.32. The Morgan fingerprint density at radius 1 is 1.33 bits per heavy atom. The second-order valence-corrected chi connectivity index (χ2v) is 6.86. The number of carbonyl (C=O) groups excluding carboxylic acids is 1. The van der Waals surface area contributed by atoms with Crippen LogP contribution in [0.15, 0.2) is 29.1 Å². The third kappa shape index (κ3) is 4.20. The van der Waals surface area contributed by atoms with Crippen LogP contribution in [0.5, 0.6) is 11.5 Å². The quantitative estimate of drug-likeness (QED) is 0.639. The molecule has 1 amide bonds. The van der Waals surface area contributed by atoms with E-state index in [4.69, 9.17) is 27.4 Å². The van der Waals surface area contributed by atoms with Gasteiger partial charge in [-0.2, -0.15) is 0 Å². The van der Waals surface area contributed by atoms with Crippen molar-refractivity contribution in [2.24, 2.45) is 5.73 Å². The van der Waals surface area contributed by atoms with Gasteiger partial charge in [-0.25, -0.2) is 0 Å². The second-order valence-electron chi connectivity index (χ2n) is 6.47. The normalized spacial score (nSPS) is 18.5. The summed E-state index contributed by atoms with van der Waals surface area (Å²) in [6.45, 7) is -0.0220. The van der Waals surface area contributed by atoms with Crippen LogP contribution in [0.4, 0.5) is 0 Å². The lowest BCUT2D eigenvalue weighted by Crippen LogP contribution is -2.51. The van der Waals surface area contributed by atoms with Crippen molar-refractivity contribution in [3.8, 4) is 22.8 Å². The predicted molar refractivity (Wildman–Crippen MR) is 104 cm³/mol. The van der Waals surface area contributed by atoms with Gasteiger partial charge in [0, 0.05) is 29.8 Å². The Kier molecular flexibility index (Phi) is 5.62. The Labute approximate surface area is 161 Å². The summed E-state index contributed by atoms with van der Waals surface area (Å²) in [6, 6.07) is 6.85. The largest absolute Gasteiger partial charge is 0.497 e. The summed E-state index contributed by atoms with van der Waals surface area (Å²) in [7, 11) is 3.08. The number of aromatic amines is 1. The van der Waals surface area contributed by atoms with Gasteiger partial charge in [0.1, 0.15) is 18.0 Å². The molecule has 0 atom stereocenters. The molecule has 0 bridgehead atoms. The van der Waals surface area contributed by atoms with Gasteiger partial charge in [0.25, 0.3) is 5.56 Å². The second kappa shape index (κ2) is 7.93. The van der Waals surface area contributed by atoms with Crippen molar-refractivity contribution < 1.29 is 14.3 Å². The van der Waals surface area contributed by atoms with Crippen LogP contribution < -0.4 is 26.1 Å². The average molecular weight is 390 g/mol. The number of methoxy groups -OCH3 is 2. The minimum absolute atomic E-state index is 0.0220. The zero-order valence-corrected chi connectivity index (χ0v) is 16.0. The van der Waals surface area contributed by atoms with Crippen LogP contribution >= 0.6 is 12.2 Å². The number of ether oxygens (including phenoxy) is 2. The summed E-state index contributed by atoms with van der Waals surface area (Å²) in [5, 5.41) is 2.93. The molecule has 2 aromatic rings. The van der Waals surface area contributed by atoms with E-state index in [1.165, 1.54) is 13.2 Å². The fourth-order valence-electron chi connectivity index (χ4n) is 3.11. The molecule has 0 radical (unpaired) electrons. The summed E-state index contributed by atoms with van der Waals surface area (Å²) in [5.41, 5.74) is 6.53. The molecule has 1 aliphatic carbocycles. The van der Waals surface area contributed by atoms with Crippen molar-refractivity contribution in [2.45, 2.75) is 31.5 Å². The summed E-state index contributed by atoms with van der Waals surface area (Å²) >= 11 is 5.29. The van der Waals surface area contributed by atoms with Gasteiger partial charge in [-0.3, -0.25) is 14.6 Å². The zero-order valence-electron chi connectivity index (χ0n) is 15.2. The number of carbonyl (C=O) groups is 1. The van der Waals surface area contributed by atoms with Gasteiger partial charge in [-0.15, -0.1) is 0 Å². The van der Waals surface area contributed by atoms with E-state index in [0.29, 0.717) is 22.8 Å². The SMILES string of the molecule is COc1ccc(-c2cc(=O)[nH]c(=S)n2CC(=O)N[C@H]2C[C@H](N)C2)c(OC)c1. The maximum atomic E-state index is 12.4. The van der Waals surface area contributed by atoms with Gasteiger partial charge in [-0.1, -0.05) is 0 Å². The maximum absolute atomic E-state index is 12.4. The predicted octanol–water partition coefficient (Wildman–Crippen LogP) is 1.20. The van der Waals surface area contributed by atoms with Crippen LogP contribution in [0.25, 0.3) is 11.3 Å². The number of nitrogens with one attached hydrogen (secondary N) is 2. The van der Waals surface area contributed by atoms with Gasteiger partial charge < -0.3 is 25.1 Å². The average Bonchev–Trinajstić information content (AvgIpc) is 2.62. The Hall–Kier alpha value is -2.65. The van der Waals surface area contributed by atoms with Crippen molar-refractivity contribution >= 4 is 18.1 Å². The Morgan fingerprint density at radius 2 is 2.07 bits per heavy atom. The molecule has 27 heavy (non-hydrogen) atoms. The van der Waals surface area contributed by atoms with Crippen LogP contribution in [0.2, 0.25) is 0 Å². The van der Waals surface area contributed by atoms with Gasteiger partial charge >= 0.3 is 0 Å². The fourth-order valence-corrected chi connectivity index (χ4v) is 3.37. The van der Waals surface area contributed by atoms with Gasteiger partial charge in [0.05, 0.1) is 19.9 Å². The van der Waals surface area contributed by atoms with Crippen LogP contribution in [0.3, 0.4) is 0 Å². The van der Waals surface area contributed by atoms with Crippen LogP contribution in [-0.2, 0) is 11.3 Å². The molecule has 1 aromatic carbocycles. The number of amides is 1. The van der Waals surface area contributed by atoms with E-state index in [0.717, 1.165) is 12.8 Å². The molecule has 1 aromatic heterocycles. The number of benzene rings is 1. The van der Waals surface area contributed by atoms with Gasteiger partial charge in [-0.05, 0) is 37.2 Å². The molecule has 8 nitrogen and oxygen atoms in total. The van der Waals surface area contributed by atoms with E-state index in [1.54, 1.807) is 29.9 Å². The summed E-state index contributed by atoms with van der Waals surface area (Å²) in [6.07, 6.45) is 1.53. The fraction of sp³-hybridized carbons (Fsp3) is 0.389. The van der Waals surface area contributed by atoms with Crippen LogP contribution in [-0.4, -0.2) is 41.8 Å². The molecule has 0 unspecified atom stereocenters. The molecule has 1 saturated carbocycles. The molecule has 1 heterocycles. The first-order valence-electron chi connectivity index (χ1n) is 8.52. The minimum atomic E-state index is -0.352. The zero-order chi connectivity index (χ0) is 19.6. The smallest absolute Gasteiger partial charge is 0.252 e. The van der Waals surface area contributed by atoms with E-state index in [9.17, 15) is 9.59 Å². The number of hydrogen-bond donors (Lipinski definition) is 3. The number of nitrogens with zero attached hydrogens (tertiary/aromatic N) is 1. The van der Waals surface area contributed by atoms with Gasteiger partial charge in [0.15, 0.2) is 4.77 Å². The Morgan fingerprint density at radius 3 is 2.70 bits per heavy atom. The molecule has 3 rings (SSSR count). The lowest BCUT2D eigenvalue weighted by Gasteiger charge is -2.33. The molecule has 9 heteroatoms. The molecule has 4 N–H and O–H groups in total. The van der Waals surface area contributed by atoms with Crippen molar-refractivity contribution in [3.63, 3.8) is 0 Å². The number of hydrogen-bond acceptors (Lipinski definition) is 6. The highest BCUT2D eigenvalue weighted by molar-refractivity contribution is 7.71. The van der Waals surface area contributed by atoms with Crippen molar-refractivity contribution in [1.82, 2.24) is 14.9 Å². The van der Waals surface area contributed by atoms with E-state index in [2.05, 4.69) is 10.3 Å². The highest BCUT2D eigenvalue weighted by atomic mass is 32.1. The van der Waals surface area contributed by atoms with Crippen LogP contribution in [0.1, 0.15) is 12.8 Å². The van der Waals surface area contributed by atoms with Crippen LogP contribution in [0, 0.1) is 4.77 Å². The molecule has 0 spiro atoms. The number of rotatable bonds is 6. The molecule has 144 valence electrons.